The van der Waals surface area contributed by atoms with E-state index in [2.05, 4.69) is 31.7 Å². The van der Waals surface area contributed by atoms with E-state index in [1.807, 2.05) is 54.1 Å². The SMILES string of the molecule is N#CC(=C1NC(c2ccccc2)=CS1)c1ccnc(NCCc2cccnc2)n1. The molecule has 2 aromatic heterocycles. The molecule has 0 unspecified atom stereocenters. The van der Waals surface area contributed by atoms with Gasteiger partial charge in [-0.05, 0) is 29.7 Å². The Kier molecular flexibility index (Phi) is 5.84. The quantitative estimate of drug-likeness (QED) is 0.606. The van der Waals surface area contributed by atoms with Crippen molar-refractivity contribution >= 4 is 29.0 Å². The van der Waals surface area contributed by atoms with Gasteiger partial charge >= 0.3 is 0 Å². The first-order valence-electron chi connectivity index (χ1n) is 9.13. The number of anilines is 1. The molecule has 0 atom stereocenters. The molecule has 0 saturated carbocycles. The number of rotatable bonds is 6. The Balaban J connectivity index is 1.46. The van der Waals surface area contributed by atoms with Gasteiger partial charge in [-0.25, -0.2) is 9.97 Å². The van der Waals surface area contributed by atoms with Crippen molar-refractivity contribution in [1.29, 1.82) is 5.26 Å². The Morgan fingerprint density at radius 3 is 2.79 bits per heavy atom. The number of allylic oxidation sites excluding steroid dienone is 1. The summed E-state index contributed by atoms with van der Waals surface area (Å²) in [6.07, 6.45) is 6.08. The minimum absolute atomic E-state index is 0.495. The van der Waals surface area contributed by atoms with Crippen LogP contribution in [0.25, 0.3) is 11.3 Å². The minimum atomic E-state index is 0.495. The molecule has 1 aromatic carbocycles. The standard InChI is InChI=1S/C22H18N6S/c23-13-18(21-27-20(15-29-21)17-6-2-1-3-7-17)19-9-12-26-22(28-19)25-11-8-16-5-4-10-24-14-16/h1-7,9-10,12,14-15,27H,8,11H2,(H,25,26,28). The summed E-state index contributed by atoms with van der Waals surface area (Å²) in [4.78, 5) is 12.9. The van der Waals surface area contributed by atoms with E-state index in [0.29, 0.717) is 23.8 Å². The zero-order chi connectivity index (χ0) is 19.9. The predicted molar refractivity (Wildman–Crippen MR) is 116 cm³/mol. The second-order valence-electron chi connectivity index (χ2n) is 6.26. The van der Waals surface area contributed by atoms with Crippen LogP contribution in [0.5, 0.6) is 0 Å². The van der Waals surface area contributed by atoms with Gasteiger partial charge in [-0.3, -0.25) is 4.98 Å². The maximum atomic E-state index is 9.74. The lowest BCUT2D eigenvalue weighted by Crippen LogP contribution is -2.10. The maximum Gasteiger partial charge on any atom is 0.223 e. The normalized spacial score (nSPS) is 14.5. The number of nitrogens with one attached hydrogen (secondary N) is 2. The lowest BCUT2D eigenvalue weighted by molar-refractivity contribution is 0.971. The third-order valence-corrected chi connectivity index (χ3v) is 5.19. The molecule has 7 heteroatoms. The molecular formula is C22H18N6S. The van der Waals surface area contributed by atoms with Crippen LogP contribution in [0.15, 0.2) is 77.6 Å². The van der Waals surface area contributed by atoms with Crippen molar-refractivity contribution in [3.05, 3.63) is 94.4 Å². The Labute approximate surface area is 173 Å². The molecular weight excluding hydrogens is 380 g/mol. The van der Waals surface area contributed by atoms with Gasteiger partial charge in [-0.1, -0.05) is 48.2 Å². The summed E-state index contributed by atoms with van der Waals surface area (Å²) in [5.41, 5.74) is 4.27. The van der Waals surface area contributed by atoms with Gasteiger partial charge in [0.2, 0.25) is 5.95 Å². The molecule has 0 aliphatic carbocycles. The number of aromatic nitrogens is 3. The molecule has 0 amide bonds. The molecule has 2 N–H and O–H groups in total. The van der Waals surface area contributed by atoms with Crippen LogP contribution in [-0.2, 0) is 6.42 Å². The van der Waals surface area contributed by atoms with Crippen molar-refractivity contribution < 1.29 is 0 Å². The van der Waals surface area contributed by atoms with Gasteiger partial charge < -0.3 is 10.6 Å². The molecule has 0 spiro atoms. The molecule has 142 valence electrons. The van der Waals surface area contributed by atoms with Crippen LogP contribution in [0, 0.1) is 11.3 Å². The van der Waals surface area contributed by atoms with E-state index in [4.69, 9.17) is 0 Å². The van der Waals surface area contributed by atoms with E-state index < -0.39 is 0 Å². The Hall–Kier alpha value is -3.63. The van der Waals surface area contributed by atoms with Crippen molar-refractivity contribution in [3.63, 3.8) is 0 Å². The van der Waals surface area contributed by atoms with Crippen LogP contribution < -0.4 is 10.6 Å². The van der Waals surface area contributed by atoms with Crippen molar-refractivity contribution in [1.82, 2.24) is 20.3 Å². The van der Waals surface area contributed by atoms with E-state index in [1.54, 1.807) is 18.5 Å². The van der Waals surface area contributed by atoms with Crippen LogP contribution in [0.4, 0.5) is 5.95 Å². The lowest BCUT2D eigenvalue weighted by Gasteiger charge is -2.09. The highest BCUT2D eigenvalue weighted by atomic mass is 32.2. The molecule has 0 radical (unpaired) electrons. The second kappa shape index (κ2) is 9.04. The van der Waals surface area contributed by atoms with E-state index in [1.165, 1.54) is 11.8 Å². The van der Waals surface area contributed by atoms with Gasteiger partial charge in [0, 0.05) is 30.5 Å². The first-order chi connectivity index (χ1) is 14.3. The number of pyridine rings is 1. The molecule has 0 saturated heterocycles. The molecule has 1 aliphatic rings. The summed E-state index contributed by atoms with van der Waals surface area (Å²) in [5.74, 6) is 0.499. The van der Waals surface area contributed by atoms with Crippen LogP contribution in [0.1, 0.15) is 16.8 Å². The van der Waals surface area contributed by atoms with Gasteiger partial charge in [0.05, 0.1) is 16.4 Å². The highest BCUT2D eigenvalue weighted by Gasteiger charge is 2.18. The van der Waals surface area contributed by atoms with Gasteiger partial charge in [0.1, 0.15) is 11.6 Å². The van der Waals surface area contributed by atoms with Gasteiger partial charge in [-0.15, -0.1) is 0 Å². The molecule has 29 heavy (non-hydrogen) atoms. The number of benzene rings is 1. The number of nitrogens with zero attached hydrogens (tertiary/aromatic N) is 4. The number of nitriles is 1. The molecule has 0 bridgehead atoms. The van der Waals surface area contributed by atoms with Crippen molar-refractivity contribution in [2.45, 2.75) is 6.42 Å². The van der Waals surface area contributed by atoms with E-state index >= 15 is 0 Å². The van der Waals surface area contributed by atoms with Gasteiger partial charge in [0.25, 0.3) is 0 Å². The zero-order valence-electron chi connectivity index (χ0n) is 15.5. The van der Waals surface area contributed by atoms with Crippen molar-refractivity contribution in [2.75, 3.05) is 11.9 Å². The van der Waals surface area contributed by atoms with E-state index in [-0.39, 0.29) is 0 Å². The summed E-state index contributed by atoms with van der Waals surface area (Å²) >= 11 is 1.49. The summed E-state index contributed by atoms with van der Waals surface area (Å²) in [5, 5.41) is 19.1. The summed E-state index contributed by atoms with van der Waals surface area (Å²) < 4.78 is 0. The molecule has 3 aromatic rings. The van der Waals surface area contributed by atoms with Gasteiger partial charge in [0.15, 0.2) is 0 Å². The molecule has 6 nitrogen and oxygen atoms in total. The van der Waals surface area contributed by atoms with Crippen molar-refractivity contribution in [2.24, 2.45) is 0 Å². The van der Waals surface area contributed by atoms with Crippen LogP contribution in [0.2, 0.25) is 0 Å². The van der Waals surface area contributed by atoms with Crippen LogP contribution in [0.3, 0.4) is 0 Å². The van der Waals surface area contributed by atoms with Crippen LogP contribution >= 0.6 is 11.8 Å². The maximum absolute atomic E-state index is 9.74. The fourth-order valence-electron chi connectivity index (χ4n) is 2.85. The minimum Gasteiger partial charge on any atom is -0.354 e. The fourth-order valence-corrected chi connectivity index (χ4v) is 3.72. The summed E-state index contributed by atoms with van der Waals surface area (Å²) in [6, 6.07) is 18.0. The molecule has 4 rings (SSSR count). The second-order valence-corrected chi connectivity index (χ2v) is 7.14. The Morgan fingerprint density at radius 2 is 2.00 bits per heavy atom. The fraction of sp³-hybridized carbons (Fsp3) is 0.0909. The number of hydrogen-bond donors (Lipinski definition) is 2. The lowest BCUT2D eigenvalue weighted by atomic mass is 10.1. The molecule has 3 heterocycles. The average Bonchev–Trinajstić information content (AvgIpc) is 3.26. The highest BCUT2D eigenvalue weighted by molar-refractivity contribution is 8.06. The topological polar surface area (TPSA) is 86.5 Å². The highest BCUT2D eigenvalue weighted by Crippen LogP contribution is 2.34. The molecule has 0 fully saturated rings. The first-order valence-corrected chi connectivity index (χ1v) is 10.0. The van der Waals surface area contributed by atoms with E-state index in [9.17, 15) is 5.26 Å². The van der Waals surface area contributed by atoms with Crippen LogP contribution in [-0.4, -0.2) is 21.5 Å². The average molecular weight is 398 g/mol. The third kappa shape index (κ3) is 4.62. The largest absolute Gasteiger partial charge is 0.354 e. The third-order valence-electron chi connectivity index (χ3n) is 4.30. The molecule has 1 aliphatic heterocycles. The van der Waals surface area contributed by atoms with Gasteiger partial charge in [-0.2, -0.15) is 5.26 Å². The summed E-state index contributed by atoms with van der Waals surface area (Å²) in [6.45, 7) is 0.681. The predicted octanol–water partition coefficient (Wildman–Crippen LogP) is 4.05. The summed E-state index contributed by atoms with van der Waals surface area (Å²) in [7, 11) is 0. The number of hydrogen-bond acceptors (Lipinski definition) is 7. The Morgan fingerprint density at radius 1 is 1.10 bits per heavy atom. The smallest absolute Gasteiger partial charge is 0.223 e. The number of thioether (sulfide) groups is 1. The Bertz CT molecular complexity index is 1090. The van der Waals surface area contributed by atoms with Crippen molar-refractivity contribution in [3.8, 4) is 6.07 Å². The first kappa shape index (κ1) is 18.7. The van der Waals surface area contributed by atoms with E-state index in [0.717, 1.165) is 28.3 Å². The monoisotopic (exact) mass is 398 g/mol. The zero-order valence-corrected chi connectivity index (χ0v) is 16.4.